The van der Waals surface area contributed by atoms with Gasteiger partial charge in [-0.3, -0.25) is 5.10 Å². The number of aromatic nitrogens is 2. The van der Waals surface area contributed by atoms with Crippen molar-refractivity contribution in [2.24, 2.45) is 0 Å². The van der Waals surface area contributed by atoms with Crippen LogP contribution in [0, 0.1) is 6.92 Å². The number of aryl methyl sites for hydroxylation is 1. The van der Waals surface area contributed by atoms with Crippen LogP contribution in [0.3, 0.4) is 0 Å². The van der Waals surface area contributed by atoms with Gasteiger partial charge >= 0.3 is 0 Å². The molecule has 1 heterocycles. The molecule has 1 aromatic rings. The molecule has 1 aliphatic rings. The Hall–Kier alpha value is -0.960. The Labute approximate surface area is 125 Å². The van der Waals surface area contributed by atoms with Gasteiger partial charge in [0.1, 0.15) is 0 Å². The minimum Gasteiger partial charge on any atom is -0.377 e. The number of nitrogens with one attached hydrogen (secondary N) is 3. The Morgan fingerprint density at radius 1 is 1.38 bits per heavy atom. The summed E-state index contributed by atoms with van der Waals surface area (Å²) in [5, 5.41) is 9.64. The molecule has 0 atom stereocenters. The molecule has 1 fully saturated rings. The molecule has 21 heavy (non-hydrogen) atoms. The van der Waals surface area contributed by atoms with Crippen LogP contribution in [0.15, 0.2) is 5.03 Å². The van der Waals surface area contributed by atoms with E-state index < -0.39 is 10.0 Å². The summed E-state index contributed by atoms with van der Waals surface area (Å²) >= 11 is 0. The van der Waals surface area contributed by atoms with Crippen molar-refractivity contribution in [3.8, 4) is 0 Å². The number of sulfonamides is 1. The lowest BCUT2D eigenvalue weighted by Gasteiger charge is -2.11. The first-order chi connectivity index (χ1) is 10.0. The first kappa shape index (κ1) is 16.4. The Kier molecular flexibility index (Phi) is 5.74. The van der Waals surface area contributed by atoms with Crippen molar-refractivity contribution in [1.29, 1.82) is 0 Å². The summed E-state index contributed by atoms with van der Waals surface area (Å²) in [7, 11) is -1.83. The number of hydrogen-bond acceptors (Lipinski definition) is 5. The molecule has 0 saturated heterocycles. The maximum absolute atomic E-state index is 12.3. The second-order valence-corrected chi connectivity index (χ2v) is 7.02. The van der Waals surface area contributed by atoms with Crippen molar-refractivity contribution in [3.05, 3.63) is 11.3 Å². The van der Waals surface area contributed by atoms with E-state index in [9.17, 15) is 8.42 Å². The summed E-state index contributed by atoms with van der Waals surface area (Å²) < 4.78 is 32.7. The molecule has 3 N–H and O–H groups in total. The Bertz CT molecular complexity index is 550. The maximum Gasteiger partial charge on any atom is 0.260 e. The third-order valence-electron chi connectivity index (χ3n) is 3.69. The number of nitrogens with zero attached hydrogens (tertiary/aromatic N) is 1. The van der Waals surface area contributed by atoms with E-state index in [1.54, 1.807) is 7.05 Å². The van der Waals surface area contributed by atoms with E-state index in [0.717, 1.165) is 18.5 Å². The molecule has 0 amide bonds. The lowest BCUT2D eigenvalue weighted by molar-refractivity contribution is 0.0626. The van der Waals surface area contributed by atoms with Crippen molar-refractivity contribution in [1.82, 2.24) is 20.2 Å². The summed E-state index contributed by atoms with van der Waals surface area (Å²) in [6.45, 7) is 2.93. The third kappa shape index (κ3) is 4.26. The van der Waals surface area contributed by atoms with Crippen molar-refractivity contribution < 1.29 is 13.2 Å². The summed E-state index contributed by atoms with van der Waals surface area (Å²) in [6.07, 6.45) is 4.86. The molecule has 0 spiro atoms. The zero-order chi connectivity index (χ0) is 15.3. The molecule has 7 nitrogen and oxygen atoms in total. The van der Waals surface area contributed by atoms with Gasteiger partial charge < -0.3 is 10.1 Å². The second-order valence-electron chi connectivity index (χ2n) is 5.34. The zero-order valence-corrected chi connectivity index (χ0v) is 13.4. The average molecular weight is 316 g/mol. The highest BCUT2D eigenvalue weighted by molar-refractivity contribution is 7.89. The average Bonchev–Trinajstić information content (AvgIpc) is 3.07. The molecule has 1 aliphatic carbocycles. The topological polar surface area (TPSA) is 96.1 Å². The highest BCUT2D eigenvalue weighted by Crippen LogP contribution is 2.20. The van der Waals surface area contributed by atoms with Crippen LogP contribution in [0.1, 0.15) is 36.9 Å². The summed E-state index contributed by atoms with van der Waals surface area (Å²) in [5.41, 5.74) is 1.42. The van der Waals surface area contributed by atoms with Crippen LogP contribution < -0.4 is 10.0 Å². The van der Waals surface area contributed by atoms with E-state index in [-0.39, 0.29) is 11.6 Å². The minimum absolute atomic E-state index is 0.0650. The van der Waals surface area contributed by atoms with E-state index in [4.69, 9.17) is 4.74 Å². The SMILES string of the molecule is CNCc1c(S(=O)(=O)NCCOC2CCCC2)n[nH]c1C. The summed E-state index contributed by atoms with van der Waals surface area (Å²) in [5.74, 6) is 0. The Morgan fingerprint density at radius 3 is 2.76 bits per heavy atom. The molecular weight excluding hydrogens is 292 g/mol. The van der Waals surface area contributed by atoms with Gasteiger partial charge in [-0.1, -0.05) is 12.8 Å². The third-order valence-corrected chi connectivity index (χ3v) is 5.12. The van der Waals surface area contributed by atoms with Gasteiger partial charge in [0, 0.05) is 24.3 Å². The second kappa shape index (κ2) is 7.35. The summed E-state index contributed by atoms with van der Waals surface area (Å²) in [4.78, 5) is 0. The van der Waals surface area contributed by atoms with Gasteiger partial charge in [-0.15, -0.1) is 0 Å². The Balaban J connectivity index is 1.89. The van der Waals surface area contributed by atoms with Gasteiger partial charge in [-0.05, 0) is 26.8 Å². The fourth-order valence-electron chi connectivity index (χ4n) is 2.56. The van der Waals surface area contributed by atoms with Gasteiger partial charge in [0.15, 0.2) is 5.03 Å². The lowest BCUT2D eigenvalue weighted by Crippen LogP contribution is -2.30. The molecule has 0 unspecified atom stereocenters. The molecule has 0 aromatic carbocycles. The standard InChI is InChI=1S/C13H24N4O3S/c1-10-12(9-14-2)13(17-16-10)21(18,19)15-7-8-20-11-5-3-4-6-11/h11,14-15H,3-9H2,1-2H3,(H,16,17). The van der Waals surface area contributed by atoms with Crippen LogP contribution in [0.4, 0.5) is 0 Å². The van der Waals surface area contributed by atoms with E-state index in [1.165, 1.54) is 12.8 Å². The number of H-pyrrole nitrogens is 1. The number of hydrogen-bond donors (Lipinski definition) is 3. The molecule has 120 valence electrons. The molecule has 0 radical (unpaired) electrons. The molecule has 8 heteroatoms. The van der Waals surface area contributed by atoms with Crippen molar-refractivity contribution in [2.45, 2.75) is 50.3 Å². The normalized spacial score (nSPS) is 16.7. The minimum atomic E-state index is -3.60. The van der Waals surface area contributed by atoms with E-state index >= 15 is 0 Å². The van der Waals surface area contributed by atoms with Crippen molar-refractivity contribution in [2.75, 3.05) is 20.2 Å². The van der Waals surface area contributed by atoms with Crippen LogP contribution in [0.2, 0.25) is 0 Å². The van der Waals surface area contributed by atoms with Crippen LogP contribution in [-0.4, -0.2) is 44.9 Å². The quantitative estimate of drug-likeness (QED) is 0.613. The number of ether oxygens (including phenoxy) is 1. The predicted octanol–water partition coefficient (Wildman–Crippen LogP) is 0.675. The summed E-state index contributed by atoms with van der Waals surface area (Å²) in [6, 6.07) is 0. The Morgan fingerprint density at radius 2 is 2.10 bits per heavy atom. The number of rotatable bonds is 8. The highest BCUT2D eigenvalue weighted by atomic mass is 32.2. The molecule has 2 rings (SSSR count). The highest BCUT2D eigenvalue weighted by Gasteiger charge is 2.23. The van der Waals surface area contributed by atoms with Gasteiger partial charge in [-0.25, -0.2) is 13.1 Å². The van der Waals surface area contributed by atoms with Gasteiger partial charge in [0.05, 0.1) is 12.7 Å². The smallest absolute Gasteiger partial charge is 0.260 e. The number of aromatic amines is 1. The maximum atomic E-state index is 12.3. The fourth-order valence-corrected chi connectivity index (χ4v) is 3.77. The lowest BCUT2D eigenvalue weighted by atomic mass is 10.3. The molecule has 0 aliphatic heterocycles. The van der Waals surface area contributed by atoms with Gasteiger partial charge in [-0.2, -0.15) is 5.10 Å². The van der Waals surface area contributed by atoms with E-state index in [0.29, 0.717) is 24.8 Å². The largest absolute Gasteiger partial charge is 0.377 e. The molecule has 0 bridgehead atoms. The van der Waals surface area contributed by atoms with Gasteiger partial charge in [0.2, 0.25) is 0 Å². The molecular formula is C13H24N4O3S. The van der Waals surface area contributed by atoms with Crippen LogP contribution in [0.25, 0.3) is 0 Å². The first-order valence-electron chi connectivity index (χ1n) is 7.34. The predicted molar refractivity (Wildman–Crippen MR) is 79.5 cm³/mol. The molecule has 1 saturated carbocycles. The van der Waals surface area contributed by atoms with Crippen LogP contribution in [-0.2, 0) is 21.3 Å². The van der Waals surface area contributed by atoms with Crippen LogP contribution >= 0.6 is 0 Å². The zero-order valence-electron chi connectivity index (χ0n) is 12.6. The molecule has 1 aromatic heterocycles. The fraction of sp³-hybridized carbons (Fsp3) is 0.769. The van der Waals surface area contributed by atoms with E-state index in [1.807, 2.05) is 6.92 Å². The van der Waals surface area contributed by atoms with Gasteiger partial charge in [0.25, 0.3) is 10.0 Å². The monoisotopic (exact) mass is 316 g/mol. The van der Waals surface area contributed by atoms with E-state index in [2.05, 4.69) is 20.2 Å². The first-order valence-corrected chi connectivity index (χ1v) is 8.82. The van der Waals surface area contributed by atoms with Crippen LogP contribution in [0.5, 0.6) is 0 Å². The van der Waals surface area contributed by atoms with Crippen molar-refractivity contribution in [3.63, 3.8) is 0 Å². The van der Waals surface area contributed by atoms with Crippen molar-refractivity contribution >= 4 is 10.0 Å².